The Hall–Kier alpha value is -2.55. The summed E-state index contributed by atoms with van der Waals surface area (Å²) in [6.07, 6.45) is 3.33. The van der Waals surface area contributed by atoms with Crippen LogP contribution in [-0.2, 0) is 35.1 Å². The lowest BCUT2D eigenvalue weighted by Gasteiger charge is -2.44. The number of carbonyl (C=O) groups excluding carboxylic acids is 4. The lowest BCUT2D eigenvalue weighted by Crippen LogP contribution is -2.71. The van der Waals surface area contributed by atoms with E-state index < -0.39 is 34.9 Å². The topological polar surface area (TPSA) is 102 Å². The third kappa shape index (κ3) is 5.74. The SMILES string of the molecule is CCCCCC[C@@H](OC(=O)[C@@H]1N2C(=O)[C@@H](NC(=O)Cc3ccccc3)[C@H]2SC1(C)C)C(=O)OC. The number of carbonyl (C=O) groups is 4. The second-order valence-corrected chi connectivity index (χ2v) is 11.0. The third-order valence-electron chi connectivity index (χ3n) is 6.23. The quantitative estimate of drug-likeness (QED) is 0.289. The van der Waals surface area contributed by atoms with Gasteiger partial charge in [0.05, 0.1) is 13.5 Å². The Morgan fingerprint density at radius 3 is 2.50 bits per heavy atom. The van der Waals surface area contributed by atoms with Gasteiger partial charge in [-0.2, -0.15) is 0 Å². The van der Waals surface area contributed by atoms with E-state index in [1.807, 2.05) is 44.2 Å². The van der Waals surface area contributed by atoms with E-state index >= 15 is 0 Å². The Morgan fingerprint density at radius 2 is 1.85 bits per heavy atom. The van der Waals surface area contributed by atoms with Crippen molar-refractivity contribution < 1.29 is 28.7 Å². The summed E-state index contributed by atoms with van der Waals surface area (Å²) in [5, 5.41) is 2.45. The van der Waals surface area contributed by atoms with Gasteiger partial charge < -0.3 is 19.7 Å². The molecule has 1 aromatic rings. The predicted molar refractivity (Wildman–Crippen MR) is 129 cm³/mol. The van der Waals surface area contributed by atoms with E-state index in [4.69, 9.17) is 9.47 Å². The fourth-order valence-corrected chi connectivity index (χ4v) is 6.07. The number of nitrogens with zero attached hydrogens (tertiary/aromatic N) is 1. The first-order chi connectivity index (χ1) is 16.2. The van der Waals surface area contributed by atoms with Crippen LogP contribution in [0.15, 0.2) is 30.3 Å². The first kappa shape index (κ1) is 26.1. The highest BCUT2D eigenvalue weighted by atomic mass is 32.2. The van der Waals surface area contributed by atoms with Crippen LogP contribution >= 0.6 is 11.8 Å². The summed E-state index contributed by atoms with van der Waals surface area (Å²) in [7, 11) is 1.27. The molecule has 2 heterocycles. The van der Waals surface area contributed by atoms with Gasteiger partial charge in [-0.1, -0.05) is 56.5 Å². The Kier molecular flexibility index (Phi) is 8.62. The Morgan fingerprint density at radius 1 is 1.15 bits per heavy atom. The van der Waals surface area contributed by atoms with Crippen molar-refractivity contribution in [3.05, 3.63) is 35.9 Å². The molecule has 2 amide bonds. The number of β-lactam (4-membered cyclic amide) rings is 1. The Bertz CT molecular complexity index is 906. The molecule has 0 saturated carbocycles. The van der Waals surface area contributed by atoms with E-state index in [1.165, 1.54) is 23.8 Å². The van der Waals surface area contributed by atoms with Crippen molar-refractivity contribution in [1.82, 2.24) is 10.2 Å². The zero-order chi connectivity index (χ0) is 24.9. The van der Waals surface area contributed by atoms with Crippen LogP contribution in [0.1, 0.15) is 58.4 Å². The number of methoxy groups -OCH3 is 1. The number of benzene rings is 1. The van der Waals surface area contributed by atoms with Crippen molar-refractivity contribution in [1.29, 1.82) is 0 Å². The molecule has 3 rings (SSSR count). The van der Waals surface area contributed by atoms with Crippen molar-refractivity contribution >= 4 is 35.5 Å². The molecule has 0 spiro atoms. The van der Waals surface area contributed by atoms with Crippen molar-refractivity contribution in [2.45, 2.75) is 87.6 Å². The molecule has 186 valence electrons. The summed E-state index contributed by atoms with van der Waals surface area (Å²) in [6.45, 7) is 5.83. The van der Waals surface area contributed by atoms with E-state index in [9.17, 15) is 19.2 Å². The number of hydrogen-bond acceptors (Lipinski definition) is 7. The lowest BCUT2D eigenvalue weighted by molar-refractivity contribution is -0.175. The first-order valence-electron chi connectivity index (χ1n) is 11.8. The van der Waals surface area contributed by atoms with E-state index in [0.717, 1.165) is 31.2 Å². The molecule has 0 aromatic heterocycles. The van der Waals surface area contributed by atoms with Crippen LogP contribution in [0.3, 0.4) is 0 Å². The monoisotopic (exact) mass is 490 g/mol. The smallest absolute Gasteiger partial charge is 0.347 e. The van der Waals surface area contributed by atoms with Crippen molar-refractivity contribution in [3.8, 4) is 0 Å². The fraction of sp³-hybridized carbons (Fsp3) is 0.600. The van der Waals surface area contributed by atoms with Crippen LogP contribution in [0.25, 0.3) is 0 Å². The standard InChI is InChI=1S/C25H34N2O6S/c1-5-6-7-11-14-17(23(30)32-4)33-24(31)20-25(2,3)34-22-19(21(29)27(20)22)26-18(28)15-16-12-9-8-10-13-16/h8-10,12-13,17,19-20,22H,5-7,11,14-15H2,1-4H3,(H,26,28)/t17-,19-,20+,22-/m1/s1. The van der Waals surface area contributed by atoms with Crippen molar-refractivity contribution in [2.24, 2.45) is 0 Å². The molecule has 34 heavy (non-hydrogen) atoms. The highest BCUT2D eigenvalue weighted by Gasteiger charge is 2.64. The van der Waals surface area contributed by atoms with E-state index in [-0.39, 0.29) is 23.6 Å². The average molecular weight is 491 g/mol. The number of nitrogens with one attached hydrogen (secondary N) is 1. The molecular weight excluding hydrogens is 456 g/mol. The van der Waals surface area contributed by atoms with Gasteiger partial charge in [0.2, 0.25) is 11.8 Å². The summed E-state index contributed by atoms with van der Waals surface area (Å²) >= 11 is 1.45. The molecule has 2 aliphatic rings. The summed E-state index contributed by atoms with van der Waals surface area (Å²) in [5.74, 6) is -1.77. The minimum Gasteiger partial charge on any atom is -0.466 e. The average Bonchev–Trinajstić information content (AvgIpc) is 3.07. The number of amides is 2. The summed E-state index contributed by atoms with van der Waals surface area (Å²) in [4.78, 5) is 52.3. The molecule has 0 radical (unpaired) electrons. The van der Waals surface area contributed by atoms with Crippen molar-refractivity contribution in [2.75, 3.05) is 7.11 Å². The van der Waals surface area contributed by atoms with Gasteiger partial charge in [-0.05, 0) is 32.3 Å². The van der Waals surface area contributed by atoms with E-state index in [0.29, 0.717) is 6.42 Å². The van der Waals surface area contributed by atoms with Crippen LogP contribution < -0.4 is 5.32 Å². The van der Waals surface area contributed by atoms with Crippen LogP contribution in [0.4, 0.5) is 0 Å². The molecule has 1 aromatic carbocycles. The number of esters is 2. The number of unbranched alkanes of at least 4 members (excludes halogenated alkanes) is 3. The molecule has 0 unspecified atom stereocenters. The number of rotatable bonds is 11. The zero-order valence-corrected chi connectivity index (χ0v) is 21.1. The molecule has 4 atom stereocenters. The number of fused-ring (bicyclic) bond motifs is 1. The number of hydrogen-bond donors (Lipinski definition) is 1. The van der Waals surface area contributed by atoms with Crippen LogP contribution in [0, 0.1) is 0 Å². The third-order valence-corrected chi connectivity index (χ3v) is 7.80. The second-order valence-electron chi connectivity index (χ2n) is 9.27. The van der Waals surface area contributed by atoms with Crippen LogP contribution in [0.2, 0.25) is 0 Å². The van der Waals surface area contributed by atoms with Gasteiger partial charge in [0.15, 0.2) is 6.10 Å². The molecule has 0 bridgehead atoms. The predicted octanol–water partition coefficient (Wildman–Crippen LogP) is 2.83. The maximum Gasteiger partial charge on any atom is 0.347 e. The fourth-order valence-electron chi connectivity index (χ4n) is 4.45. The van der Waals surface area contributed by atoms with Crippen LogP contribution in [-0.4, -0.2) is 64.1 Å². The van der Waals surface area contributed by atoms with Gasteiger partial charge >= 0.3 is 11.9 Å². The molecule has 2 saturated heterocycles. The Labute approximate surface area is 205 Å². The van der Waals surface area contributed by atoms with E-state index in [2.05, 4.69) is 12.2 Å². The lowest BCUT2D eigenvalue weighted by atomic mass is 9.95. The Balaban J connectivity index is 1.63. The molecule has 2 fully saturated rings. The largest absolute Gasteiger partial charge is 0.466 e. The summed E-state index contributed by atoms with van der Waals surface area (Å²) in [5.41, 5.74) is 0.859. The highest BCUT2D eigenvalue weighted by Crippen LogP contribution is 2.51. The zero-order valence-electron chi connectivity index (χ0n) is 20.2. The number of ether oxygens (including phenoxy) is 2. The normalized spacial score (nSPS) is 23.5. The second kappa shape index (κ2) is 11.3. The summed E-state index contributed by atoms with van der Waals surface area (Å²) in [6, 6.07) is 7.76. The van der Waals surface area contributed by atoms with Crippen molar-refractivity contribution in [3.63, 3.8) is 0 Å². The maximum absolute atomic E-state index is 13.2. The highest BCUT2D eigenvalue weighted by molar-refractivity contribution is 8.01. The van der Waals surface area contributed by atoms with Gasteiger partial charge in [-0.3, -0.25) is 9.59 Å². The molecular formula is C25H34N2O6S. The minimum absolute atomic E-state index is 0.176. The first-order valence-corrected chi connectivity index (χ1v) is 12.7. The van der Waals surface area contributed by atoms with Crippen LogP contribution in [0.5, 0.6) is 0 Å². The van der Waals surface area contributed by atoms with Gasteiger partial charge in [-0.25, -0.2) is 9.59 Å². The van der Waals surface area contributed by atoms with Gasteiger partial charge in [0, 0.05) is 4.75 Å². The summed E-state index contributed by atoms with van der Waals surface area (Å²) < 4.78 is 9.78. The van der Waals surface area contributed by atoms with Gasteiger partial charge in [0.25, 0.3) is 0 Å². The molecule has 2 aliphatic heterocycles. The van der Waals surface area contributed by atoms with Gasteiger partial charge in [0.1, 0.15) is 17.5 Å². The van der Waals surface area contributed by atoms with Gasteiger partial charge in [-0.15, -0.1) is 11.8 Å². The minimum atomic E-state index is -0.994. The number of thioether (sulfide) groups is 1. The van der Waals surface area contributed by atoms with E-state index in [1.54, 1.807) is 0 Å². The molecule has 9 heteroatoms. The molecule has 1 N–H and O–H groups in total. The molecule has 8 nitrogen and oxygen atoms in total. The maximum atomic E-state index is 13.2. The molecule has 0 aliphatic carbocycles.